The molecule has 0 aromatic carbocycles. The molecule has 0 N–H and O–H groups in total. The van der Waals surface area contributed by atoms with Gasteiger partial charge in [0.05, 0.1) is 6.54 Å². The molecule has 1 fully saturated rings. The highest BCUT2D eigenvalue weighted by Gasteiger charge is 2.23. The zero-order chi connectivity index (χ0) is 9.84. The maximum atomic E-state index is 12.0. The Hall–Kier alpha value is -0.710. The second kappa shape index (κ2) is 4.50. The first kappa shape index (κ1) is 10.4. The molecular formula is C8H14F2N2O. The van der Waals surface area contributed by atoms with Gasteiger partial charge in [0.25, 0.3) is 6.43 Å². The summed E-state index contributed by atoms with van der Waals surface area (Å²) in [7, 11) is 0. The van der Waals surface area contributed by atoms with Crippen LogP contribution in [0.3, 0.4) is 0 Å². The van der Waals surface area contributed by atoms with Crippen LogP contribution in [0, 0.1) is 0 Å². The predicted molar refractivity (Wildman–Crippen MR) is 44.7 cm³/mol. The van der Waals surface area contributed by atoms with Crippen LogP contribution in [0.25, 0.3) is 0 Å². The van der Waals surface area contributed by atoms with Gasteiger partial charge in [0.15, 0.2) is 0 Å². The lowest BCUT2D eigenvalue weighted by atomic mass is 10.2. The third-order valence-electron chi connectivity index (χ3n) is 2.29. The molecule has 0 radical (unpaired) electrons. The first-order valence-electron chi connectivity index (χ1n) is 4.35. The monoisotopic (exact) mass is 192 g/mol. The zero-order valence-electron chi connectivity index (χ0n) is 7.62. The van der Waals surface area contributed by atoms with Crippen molar-refractivity contribution in [2.24, 2.45) is 0 Å². The largest absolute Gasteiger partial charge is 0.340 e. The molecule has 1 amide bonds. The van der Waals surface area contributed by atoms with Crippen LogP contribution in [0.15, 0.2) is 0 Å². The van der Waals surface area contributed by atoms with E-state index in [1.54, 1.807) is 9.80 Å². The lowest BCUT2D eigenvalue weighted by molar-refractivity contribution is -0.122. The number of carbonyl (C=O) groups is 1. The van der Waals surface area contributed by atoms with Gasteiger partial charge in [-0.05, 0) is 6.92 Å². The van der Waals surface area contributed by atoms with E-state index in [2.05, 4.69) is 0 Å². The van der Waals surface area contributed by atoms with Crippen molar-refractivity contribution in [2.75, 3.05) is 26.2 Å². The number of rotatable bonds is 3. The van der Waals surface area contributed by atoms with E-state index >= 15 is 0 Å². The summed E-state index contributed by atoms with van der Waals surface area (Å²) >= 11 is 0. The first-order chi connectivity index (χ1) is 6.13. The smallest absolute Gasteiger partial charge is 0.251 e. The third-order valence-corrected chi connectivity index (χ3v) is 2.29. The number of nitrogens with zero attached hydrogens (tertiary/aromatic N) is 2. The fraction of sp³-hybridized carbons (Fsp3) is 0.875. The summed E-state index contributed by atoms with van der Waals surface area (Å²) in [6.45, 7) is 3.33. The van der Waals surface area contributed by atoms with Gasteiger partial charge in [0.1, 0.15) is 0 Å². The van der Waals surface area contributed by atoms with Crippen molar-refractivity contribution in [3.63, 3.8) is 0 Å². The fourth-order valence-electron chi connectivity index (χ4n) is 1.56. The van der Waals surface area contributed by atoms with Crippen molar-refractivity contribution in [1.29, 1.82) is 0 Å². The van der Waals surface area contributed by atoms with Gasteiger partial charge in [0, 0.05) is 25.7 Å². The van der Waals surface area contributed by atoms with E-state index in [1.165, 1.54) is 0 Å². The minimum Gasteiger partial charge on any atom is -0.340 e. The molecule has 76 valence electrons. The molecule has 0 unspecified atom stereocenters. The quantitative estimate of drug-likeness (QED) is 0.605. The lowest BCUT2D eigenvalue weighted by Crippen LogP contribution is -2.52. The number of piperazine rings is 1. The Morgan fingerprint density at radius 1 is 1.54 bits per heavy atom. The molecule has 0 aromatic heterocycles. The van der Waals surface area contributed by atoms with Crippen LogP contribution < -0.4 is 0 Å². The molecule has 1 aliphatic rings. The number of alkyl halides is 2. The summed E-state index contributed by atoms with van der Waals surface area (Å²) in [6.07, 6.45) is -1.50. The van der Waals surface area contributed by atoms with E-state index in [-0.39, 0.29) is 12.6 Å². The molecule has 1 atom stereocenters. The standard InChI is InChI=1S/C8H14F2N2O/c1-7-4-11(5-8(9)10)2-3-12(7)6-13/h6-8H,2-5H2,1H3/t7-/m1/s1. The maximum absolute atomic E-state index is 12.0. The SMILES string of the molecule is C[C@@H]1CN(CC(F)F)CCN1C=O. The van der Waals surface area contributed by atoms with Gasteiger partial charge in [-0.3, -0.25) is 9.69 Å². The second-order valence-electron chi connectivity index (χ2n) is 3.34. The minimum absolute atomic E-state index is 0.0463. The average Bonchev–Trinajstić information content (AvgIpc) is 2.03. The van der Waals surface area contributed by atoms with E-state index in [0.717, 1.165) is 6.41 Å². The van der Waals surface area contributed by atoms with Crippen molar-refractivity contribution in [3.05, 3.63) is 0 Å². The van der Waals surface area contributed by atoms with Gasteiger partial charge in [-0.15, -0.1) is 0 Å². The summed E-state index contributed by atoms with van der Waals surface area (Å²) in [6, 6.07) is 0.0463. The van der Waals surface area contributed by atoms with Crippen LogP contribution in [0.4, 0.5) is 8.78 Å². The third kappa shape index (κ3) is 2.91. The van der Waals surface area contributed by atoms with E-state index in [1.807, 2.05) is 6.92 Å². The molecule has 0 spiro atoms. The summed E-state index contributed by atoms with van der Waals surface area (Å²) in [5.41, 5.74) is 0. The molecule has 3 nitrogen and oxygen atoms in total. The van der Waals surface area contributed by atoms with Crippen molar-refractivity contribution in [3.8, 4) is 0 Å². The maximum Gasteiger partial charge on any atom is 0.251 e. The molecule has 0 saturated carbocycles. The Morgan fingerprint density at radius 2 is 2.23 bits per heavy atom. The minimum atomic E-state index is -2.28. The summed E-state index contributed by atoms with van der Waals surface area (Å²) in [5, 5.41) is 0. The Balaban J connectivity index is 2.36. The highest BCUT2D eigenvalue weighted by Crippen LogP contribution is 2.08. The number of amides is 1. The first-order valence-corrected chi connectivity index (χ1v) is 4.35. The van der Waals surface area contributed by atoms with Crippen molar-refractivity contribution in [1.82, 2.24) is 9.80 Å². The van der Waals surface area contributed by atoms with Crippen molar-refractivity contribution in [2.45, 2.75) is 19.4 Å². The van der Waals surface area contributed by atoms with E-state index in [4.69, 9.17) is 0 Å². The molecule has 1 saturated heterocycles. The van der Waals surface area contributed by atoms with E-state index < -0.39 is 6.43 Å². The van der Waals surface area contributed by atoms with Gasteiger partial charge in [-0.2, -0.15) is 0 Å². The molecule has 13 heavy (non-hydrogen) atoms. The number of carbonyl (C=O) groups excluding carboxylic acids is 1. The van der Waals surface area contributed by atoms with Gasteiger partial charge >= 0.3 is 0 Å². The van der Waals surface area contributed by atoms with Gasteiger partial charge in [-0.1, -0.05) is 0 Å². The molecule has 0 bridgehead atoms. The van der Waals surface area contributed by atoms with Gasteiger partial charge in [-0.25, -0.2) is 8.78 Å². The number of halogens is 2. The Kier molecular flexibility index (Phi) is 3.59. The van der Waals surface area contributed by atoms with Crippen LogP contribution in [-0.4, -0.2) is 54.9 Å². The van der Waals surface area contributed by atoms with Crippen LogP contribution in [0.2, 0.25) is 0 Å². The molecule has 1 aliphatic heterocycles. The summed E-state index contributed by atoms with van der Waals surface area (Å²) < 4.78 is 24.0. The molecule has 1 heterocycles. The average molecular weight is 192 g/mol. The Morgan fingerprint density at radius 3 is 2.69 bits per heavy atom. The molecule has 5 heteroatoms. The van der Waals surface area contributed by atoms with Crippen LogP contribution >= 0.6 is 0 Å². The van der Waals surface area contributed by atoms with Gasteiger partial charge < -0.3 is 4.90 Å². The van der Waals surface area contributed by atoms with Crippen molar-refractivity contribution >= 4 is 6.41 Å². The molecule has 0 aliphatic carbocycles. The molecule has 1 rings (SSSR count). The highest BCUT2D eigenvalue weighted by molar-refractivity contribution is 5.47. The Labute approximate surface area is 76.3 Å². The molecule has 0 aromatic rings. The highest BCUT2D eigenvalue weighted by atomic mass is 19.3. The molecular weight excluding hydrogens is 178 g/mol. The zero-order valence-corrected chi connectivity index (χ0v) is 7.62. The second-order valence-corrected chi connectivity index (χ2v) is 3.34. The Bertz CT molecular complexity index is 178. The van der Waals surface area contributed by atoms with E-state index in [9.17, 15) is 13.6 Å². The van der Waals surface area contributed by atoms with E-state index in [0.29, 0.717) is 19.6 Å². The summed E-state index contributed by atoms with van der Waals surface area (Å²) in [5.74, 6) is 0. The topological polar surface area (TPSA) is 23.6 Å². The summed E-state index contributed by atoms with van der Waals surface area (Å²) in [4.78, 5) is 13.8. The normalized spacial score (nSPS) is 25.2. The van der Waals surface area contributed by atoms with Crippen LogP contribution in [-0.2, 0) is 4.79 Å². The van der Waals surface area contributed by atoms with Crippen LogP contribution in [0.1, 0.15) is 6.92 Å². The fourth-order valence-corrected chi connectivity index (χ4v) is 1.56. The lowest BCUT2D eigenvalue weighted by Gasteiger charge is -2.37. The van der Waals surface area contributed by atoms with Gasteiger partial charge in [0.2, 0.25) is 6.41 Å². The van der Waals surface area contributed by atoms with Crippen LogP contribution in [0.5, 0.6) is 0 Å². The predicted octanol–water partition coefficient (Wildman–Crippen LogP) is 0.414. The number of hydrogen-bond acceptors (Lipinski definition) is 2. The van der Waals surface area contributed by atoms with Crippen molar-refractivity contribution < 1.29 is 13.6 Å². The number of hydrogen-bond donors (Lipinski definition) is 0.